The Balaban J connectivity index is 1.58. The summed E-state index contributed by atoms with van der Waals surface area (Å²) in [6, 6.07) is 12.1. The second-order valence-electron chi connectivity index (χ2n) is 5.81. The fourth-order valence-corrected chi connectivity index (χ4v) is 4.78. The maximum atomic E-state index is 13.1. The van der Waals surface area contributed by atoms with E-state index in [0.717, 1.165) is 6.07 Å². The van der Waals surface area contributed by atoms with Crippen LogP contribution in [0.1, 0.15) is 21.5 Å². The van der Waals surface area contributed by atoms with Gasteiger partial charge in [-0.1, -0.05) is 41.4 Å². The summed E-state index contributed by atoms with van der Waals surface area (Å²) in [6.45, 7) is 2.43. The summed E-state index contributed by atoms with van der Waals surface area (Å²) in [5.74, 6) is 1.31. The largest absolute Gasteiger partial charge is 0.374 e. The standard InChI is InChI=1S/C19H18ClFNO2P/c1-12-3-5-13(6-4-12)17-11-25(17)18(24-2)10-22-19(23)15-8-7-14(21)9-16(15)20/h3-9,11,18H,10H2,1-2H3,(H,22,23). The Morgan fingerprint density at radius 1 is 1.28 bits per heavy atom. The SMILES string of the molecule is COC(CNC(=O)c1ccc(F)cc1Cl)P1C=C1c1ccc(C)cc1. The minimum atomic E-state index is -0.514. The van der Waals surface area contributed by atoms with Crippen LogP contribution < -0.4 is 5.32 Å². The van der Waals surface area contributed by atoms with Gasteiger partial charge in [0.1, 0.15) is 11.7 Å². The Morgan fingerprint density at radius 2 is 2.00 bits per heavy atom. The first-order valence-electron chi connectivity index (χ1n) is 7.83. The van der Waals surface area contributed by atoms with Gasteiger partial charge < -0.3 is 10.1 Å². The van der Waals surface area contributed by atoms with Crippen LogP contribution in [0.3, 0.4) is 0 Å². The van der Waals surface area contributed by atoms with Crippen molar-refractivity contribution < 1.29 is 13.9 Å². The van der Waals surface area contributed by atoms with Crippen LogP contribution in [0.25, 0.3) is 5.31 Å². The molecule has 1 aliphatic heterocycles. The van der Waals surface area contributed by atoms with E-state index in [4.69, 9.17) is 16.3 Å². The molecule has 25 heavy (non-hydrogen) atoms. The first-order valence-corrected chi connectivity index (χ1v) is 9.68. The number of carbonyl (C=O) groups is 1. The lowest BCUT2D eigenvalue weighted by atomic mass is 10.1. The minimum Gasteiger partial charge on any atom is -0.374 e. The number of aryl methyl sites for hydroxylation is 1. The number of methoxy groups -OCH3 is 1. The molecule has 0 saturated carbocycles. The lowest BCUT2D eigenvalue weighted by Gasteiger charge is -2.17. The summed E-state index contributed by atoms with van der Waals surface area (Å²) in [6.07, 6.45) is 0. The van der Waals surface area contributed by atoms with Crippen LogP contribution in [-0.2, 0) is 4.74 Å². The van der Waals surface area contributed by atoms with Crippen LogP contribution in [0.15, 0.2) is 48.3 Å². The molecule has 2 unspecified atom stereocenters. The zero-order valence-corrected chi connectivity index (χ0v) is 15.6. The number of ether oxygens (including phenoxy) is 1. The number of amides is 1. The highest BCUT2D eigenvalue weighted by Crippen LogP contribution is 2.69. The molecule has 0 bridgehead atoms. The maximum absolute atomic E-state index is 13.1. The van der Waals surface area contributed by atoms with Crippen molar-refractivity contribution in [2.45, 2.75) is 12.8 Å². The van der Waals surface area contributed by atoms with Gasteiger partial charge in [-0.05, 0) is 49.7 Å². The molecule has 1 aliphatic rings. The highest BCUT2D eigenvalue weighted by atomic mass is 35.5. The minimum absolute atomic E-state index is 0.0884. The number of rotatable bonds is 6. The van der Waals surface area contributed by atoms with Gasteiger partial charge in [-0.25, -0.2) is 4.39 Å². The highest BCUT2D eigenvalue weighted by Gasteiger charge is 2.34. The average Bonchev–Trinajstić information content (AvgIpc) is 3.36. The number of carbonyl (C=O) groups excluding carboxylic acids is 1. The fraction of sp³-hybridized carbons (Fsp3) is 0.211. The molecule has 0 fully saturated rings. The molecule has 2 atom stereocenters. The lowest BCUT2D eigenvalue weighted by molar-refractivity contribution is 0.0925. The molecule has 3 rings (SSSR count). The van der Waals surface area contributed by atoms with E-state index < -0.39 is 13.7 Å². The van der Waals surface area contributed by atoms with Gasteiger partial charge in [0.25, 0.3) is 5.91 Å². The van der Waals surface area contributed by atoms with E-state index >= 15 is 0 Å². The van der Waals surface area contributed by atoms with E-state index in [-0.39, 0.29) is 22.3 Å². The van der Waals surface area contributed by atoms with E-state index in [9.17, 15) is 9.18 Å². The van der Waals surface area contributed by atoms with Crippen LogP contribution in [0.2, 0.25) is 5.02 Å². The summed E-state index contributed by atoms with van der Waals surface area (Å²) >= 11 is 5.93. The van der Waals surface area contributed by atoms with E-state index in [1.807, 2.05) is 0 Å². The van der Waals surface area contributed by atoms with Crippen LogP contribution in [0.5, 0.6) is 0 Å². The number of halogens is 2. The van der Waals surface area contributed by atoms with Crippen molar-refractivity contribution in [2.75, 3.05) is 13.7 Å². The fourth-order valence-electron chi connectivity index (χ4n) is 2.53. The normalized spacial score (nSPS) is 17.0. The van der Waals surface area contributed by atoms with Gasteiger partial charge in [-0.15, -0.1) is 0 Å². The number of hydrogen-bond acceptors (Lipinski definition) is 2. The van der Waals surface area contributed by atoms with Gasteiger partial charge in [-0.2, -0.15) is 0 Å². The van der Waals surface area contributed by atoms with Crippen molar-refractivity contribution in [3.8, 4) is 0 Å². The molecule has 2 aromatic rings. The zero-order valence-electron chi connectivity index (χ0n) is 13.9. The Bertz CT molecular complexity index is 823. The Morgan fingerprint density at radius 3 is 2.64 bits per heavy atom. The van der Waals surface area contributed by atoms with Crippen molar-refractivity contribution in [3.63, 3.8) is 0 Å². The zero-order chi connectivity index (χ0) is 18.0. The Labute approximate surface area is 152 Å². The third kappa shape index (κ3) is 4.27. The van der Waals surface area contributed by atoms with Gasteiger partial charge in [0, 0.05) is 13.7 Å². The lowest BCUT2D eigenvalue weighted by Crippen LogP contribution is -2.31. The number of hydrogen-bond donors (Lipinski definition) is 1. The average molecular weight is 378 g/mol. The quantitative estimate of drug-likeness (QED) is 0.721. The van der Waals surface area contributed by atoms with Crippen molar-refractivity contribution >= 4 is 30.7 Å². The second-order valence-corrected chi connectivity index (χ2v) is 8.35. The molecule has 0 spiro atoms. The van der Waals surface area contributed by atoms with Crippen LogP contribution >= 0.6 is 19.5 Å². The third-order valence-electron chi connectivity index (χ3n) is 4.01. The van der Waals surface area contributed by atoms with Crippen LogP contribution in [0, 0.1) is 12.7 Å². The molecule has 0 aliphatic carbocycles. The van der Waals surface area contributed by atoms with Crippen molar-refractivity contribution in [3.05, 3.63) is 75.8 Å². The molecule has 6 heteroatoms. The van der Waals surface area contributed by atoms with Crippen molar-refractivity contribution in [1.29, 1.82) is 0 Å². The molecule has 0 saturated heterocycles. The van der Waals surface area contributed by atoms with Gasteiger partial charge in [0.05, 0.1) is 10.6 Å². The highest BCUT2D eigenvalue weighted by molar-refractivity contribution is 7.80. The summed E-state index contributed by atoms with van der Waals surface area (Å²) < 4.78 is 18.6. The van der Waals surface area contributed by atoms with Crippen molar-refractivity contribution in [1.82, 2.24) is 5.32 Å². The number of benzene rings is 2. The molecule has 0 radical (unpaired) electrons. The predicted molar refractivity (Wildman–Crippen MR) is 101 cm³/mol. The van der Waals surface area contributed by atoms with Gasteiger partial charge in [0.2, 0.25) is 0 Å². The van der Waals surface area contributed by atoms with E-state index in [0.29, 0.717) is 6.54 Å². The van der Waals surface area contributed by atoms with Crippen LogP contribution in [0.4, 0.5) is 4.39 Å². The van der Waals surface area contributed by atoms with E-state index in [1.54, 1.807) is 7.11 Å². The van der Waals surface area contributed by atoms with Crippen molar-refractivity contribution in [2.24, 2.45) is 0 Å². The first kappa shape index (κ1) is 18.1. The second kappa shape index (κ2) is 7.65. The molecule has 3 nitrogen and oxygen atoms in total. The Kier molecular flexibility index (Phi) is 5.53. The van der Waals surface area contributed by atoms with Gasteiger partial charge in [0.15, 0.2) is 0 Å². The van der Waals surface area contributed by atoms with E-state index in [2.05, 4.69) is 42.3 Å². The number of nitrogens with one attached hydrogen (secondary N) is 1. The van der Waals surface area contributed by atoms with Gasteiger partial charge in [-0.3, -0.25) is 4.79 Å². The molecule has 0 aromatic heterocycles. The molecular weight excluding hydrogens is 360 g/mol. The predicted octanol–water partition coefficient (Wildman–Crippen LogP) is 4.98. The van der Waals surface area contributed by atoms with Crippen LogP contribution in [-0.4, -0.2) is 25.4 Å². The van der Waals surface area contributed by atoms with Gasteiger partial charge >= 0.3 is 0 Å². The smallest absolute Gasteiger partial charge is 0.252 e. The summed E-state index contributed by atoms with van der Waals surface area (Å²) in [5, 5.41) is 4.21. The third-order valence-corrected chi connectivity index (χ3v) is 6.54. The first-order chi connectivity index (χ1) is 12.0. The molecular formula is C19H18ClFNO2P. The Hall–Kier alpha value is -1.74. The summed E-state index contributed by atoms with van der Waals surface area (Å²) in [5.41, 5.74) is 2.68. The molecule has 1 heterocycles. The summed E-state index contributed by atoms with van der Waals surface area (Å²) in [7, 11) is 1.13. The topological polar surface area (TPSA) is 38.3 Å². The summed E-state index contributed by atoms with van der Waals surface area (Å²) in [4.78, 5) is 12.2. The molecule has 1 N–H and O–H groups in total. The van der Waals surface area contributed by atoms with E-state index in [1.165, 1.54) is 28.6 Å². The monoisotopic (exact) mass is 377 g/mol. The molecule has 1 amide bonds. The molecule has 2 aromatic carbocycles. The maximum Gasteiger partial charge on any atom is 0.252 e. The molecule has 130 valence electrons.